The number of hydrogen-bond donors (Lipinski definition) is 1. The van der Waals surface area contributed by atoms with Gasteiger partial charge in [0.15, 0.2) is 5.75 Å². The second-order valence-electron chi connectivity index (χ2n) is 3.84. The van der Waals surface area contributed by atoms with Crippen molar-refractivity contribution >= 4 is 27.5 Å². The van der Waals surface area contributed by atoms with Crippen molar-refractivity contribution in [1.29, 1.82) is 0 Å². The molecule has 0 unspecified atom stereocenters. The van der Waals surface area contributed by atoms with Crippen molar-refractivity contribution in [2.24, 2.45) is 0 Å². The van der Waals surface area contributed by atoms with Crippen LogP contribution in [0.1, 0.15) is 10.5 Å². The van der Waals surface area contributed by atoms with Gasteiger partial charge in [-0.15, -0.1) is 13.2 Å². The molecule has 1 heterocycles. The van der Waals surface area contributed by atoms with E-state index in [0.29, 0.717) is 4.60 Å². The first-order chi connectivity index (χ1) is 9.85. The highest BCUT2D eigenvalue weighted by atomic mass is 79.9. The molecule has 110 valence electrons. The number of para-hydroxylation sites is 2. The summed E-state index contributed by atoms with van der Waals surface area (Å²) in [5.41, 5.74) is -0.0345. The normalized spacial score (nSPS) is 11.0. The first-order valence-electron chi connectivity index (χ1n) is 5.64. The van der Waals surface area contributed by atoms with Crippen LogP contribution < -0.4 is 10.1 Å². The van der Waals surface area contributed by atoms with Crippen molar-refractivity contribution in [3.05, 3.63) is 52.8 Å². The minimum atomic E-state index is -4.84. The number of anilines is 1. The average molecular weight is 361 g/mol. The zero-order valence-corrected chi connectivity index (χ0v) is 11.9. The Morgan fingerprint density at radius 2 is 1.86 bits per heavy atom. The topological polar surface area (TPSA) is 51.2 Å². The lowest BCUT2D eigenvalue weighted by atomic mass is 10.2. The largest absolute Gasteiger partial charge is 0.573 e. The van der Waals surface area contributed by atoms with Gasteiger partial charge in [0.1, 0.15) is 10.3 Å². The number of benzene rings is 1. The van der Waals surface area contributed by atoms with E-state index >= 15 is 0 Å². The van der Waals surface area contributed by atoms with E-state index in [-0.39, 0.29) is 11.4 Å². The number of carbonyl (C=O) groups is 1. The Kier molecular flexibility index (Phi) is 4.46. The first-order valence-corrected chi connectivity index (χ1v) is 6.43. The predicted molar refractivity (Wildman–Crippen MR) is 73.0 cm³/mol. The number of alkyl halides is 3. The number of nitrogens with zero attached hydrogens (tertiary/aromatic N) is 1. The number of hydrogen-bond acceptors (Lipinski definition) is 3. The fourth-order valence-electron chi connectivity index (χ4n) is 1.50. The number of carbonyl (C=O) groups excluding carboxylic acids is 1. The van der Waals surface area contributed by atoms with Gasteiger partial charge in [0, 0.05) is 0 Å². The van der Waals surface area contributed by atoms with Gasteiger partial charge in [-0.05, 0) is 40.2 Å². The van der Waals surface area contributed by atoms with Crippen LogP contribution in [0.15, 0.2) is 47.1 Å². The molecule has 2 aromatic rings. The van der Waals surface area contributed by atoms with E-state index in [9.17, 15) is 18.0 Å². The molecule has 0 atom stereocenters. The van der Waals surface area contributed by atoms with Crippen LogP contribution in [0.4, 0.5) is 18.9 Å². The molecule has 0 saturated heterocycles. The number of pyridine rings is 1. The quantitative estimate of drug-likeness (QED) is 0.841. The molecule has 0 saturated carbocycles. The van der Waals surface area contributed by atoms with Gasteiger partial charge >= 0.3 is 6.36 Å². The van der Waals surface area contributed by atoms with Gasteiger partial charge in [0.2, 0.25) is 0 Å². The lowest BCUT2D eigenvalue weighted by Gasteiger charge is -2.13. The molecule has 2 rings (SSSR count). The SMILES string of the molecule is O=C(Nc1ccccc1OC(F)(F)F)c1cccc(Br)n1. The van der Waals surface area contributed by atoms with Crippen LogP contribution >= 0.6 is 15.9 Å². The summed E-state index contributed by atoms with van der Waals surface area (Å²) in [6, 6.07) is 9.91. The second kappa shape index (κ2) is 6.13. The number of ether oxygens (including phenoxy) is 1. The number of nitrogens with one attached hydrogen (secondary N) is 1. The number of halogens is 4. The van der Waals surface area contributed by atoms with Crippen molar-refractivity contribution in [1.82, 2.24) is 4.98 Å². The Bertz CT molecular complexity index is 662. The lowest BCUT2D eigenvalue weighted by molar-refractivity contribution is -0.274. The minimum absolute atomic E-state index is 0.0613. The molecule has 1 aromatic carbocycles. The third-order valence-corrected chi connectivity index (χ3v) is 2.75. The van der Waals surface area contributed by atoms with Crippen LogP contribution in [0.3, 0.4) is 0 Å². The Morgan fingerprint density at radius 1 is 1.14 bits per heavy atom. The molecule has 1 N–H and O–H groups in total. The summed E-state index contributed by atoms with van der Waals surface area (Å²) in [6.45, 7) is 0. The maximum absolute atomic E-state index is 12.3. The molecule has 0 aliphatic carbocycles. The Morgan fingerprint density at radius 3 is 2.52 bits per heavy atom. The van der Waals surface area contributed by atoms with Crippen molar-refractivity contribution in [2.45, 2.75) is 6.36 Å². The Balaban J connectivity index is 2.22. The number of rotatable bonds is 3. The molecule has 0 bridgehead atoms. The number of aromatic nitrogens is 1. The fourth-order valence-corrected chi connectivity index (χ4v) is 1.85. The third kappa shape index (κ3) is 4.45. The average Bonchev–Trinajstić information content (AvgIpc) is 2.39. The van der Waals surface area contributed by atoms with Crippen LogP contribution in [0.5, 0.6) is 5.75 Å². The molecule has 1 aromatic heterocycles. The van der Waals surface area contributed by atoms with Crippen molar-refractivity contribution in [2.75, 3.05) is 5.32 Å². The van der Waals surface area contributed by atoms with Crippen LogP contribution in [-0.2, 0) is 0 Å². The summed E-state index contributed by atoms with van der Waals surface area (Å²) in [5.74, 6) is -1.14. The fraction of sp³-hybridized carbons (Fsp3) is 0.0769. The van der Waals surface area contributed by atoms with E-state index in [4.69, 9.17) is 0 Å². The predicted octanol–water partition coefficient (Wildman–Crippen LogP) is 4.00. The Hall–Kier alpha value is -2.09. The molecule has 0 radical (unpaired) electrons. The molecular weight excluding hydrogens is 353 g/mol. The zero-order chi connectivity index (χ0) is 15.5. The monoisotopic (exact) mass is 360 g/mol. The van der Waals surface area contributed by atoms with E-state index in [1.54, 1.807) is 12.1 Å². The van der Waals surface area contributed by atoms with Gasteiger partial charge in [-0.2, -0.15) is 0 Å². The second-order valence-corrected chi connectivity index (χ2v) is 4.66. The molecular formula is C13H8BrF3N2O2. The summed E-state index contributed by atoms with van der Waals surface area (Å²) < 4.78 is 41.1. The summed E-state index contributed by atoms with van der Waals surface area (Å²) >= 11 is 3.11. The van der Waals surface area contributed by atoms with E-state index < -0.39 is 18.0 Å². The van der Waals surface area contributed by atoms with Crippen molar-refractivity contribution in [3.8, 4) is 5.75 Å². The van der Waals surface area contributed by atoms with Crippen LogP contribution in [-0.4, -0.2) is 17.3 Å². The van der Waals surface area contributed by atoms with E-state index in [0.717, 1.165) is 6.07 Å². The van der Waals surface area contributed by atoms with Gasteiger partial charge in [-0.3, -0.25) is 4.79 Å². The summed E-state index contributed by atoms with van der Waals surface area (Å²) in [6.07, 6.45) is -4.84. The van der Waals surface area contributed by atoms with E-state index in [2.05, 4.69) is 31.0 Å². The van der Waals surface area contributed by atoms with Gasteiger partial charge in [0.05, 0.1) is 5.69 Å². The summed E-state index contributed by atoms with van der Waals surface area (Å²) in [7, 11) is 0. The van der Waals surface area contributed by atoms with Gasteiger partial charge < -0.3 is 10.1 Å². The highest BCUT2D eigenvalue weighted by Crippen LogP contribution is 2.30. The third-order valence-electron chi connectivity index (χ3n) is 2.31. The molecule has 21 heavy (non-hydrogen) atoms. The maximum atomic E-state index is 12.3. The Labute approximate surface area is 126 Å². The van der Waals surface area contributed by atoms with Gasteiger partial charge in [-0.1, -0.05) is 18.2 Å². The highest BCUT2D eigenvalue weighted by Gasteiger charge is 2.32. The van der Waals surface area contributed by atoms with E-state index in [1.165, 1.54) is 24.3 Å². The highest BCUT2D eigenvalue weighted by molar-refractivity contribution is 9.10. The summed E-state index contributed by atoms with van der Waals surface area (Å²) in [5, 5.41) is 2.33. The molecule has 8 heteroatoms. The van der Waals surface area contributed by atoms with Crippen LogP contribution in [0.25, 0.3) is 0 Å². The summed E-state index contributed by atoms with van der Waals surface area (Å²) in [4.78, 5) is 15.9. The minimum Gasteiger partial charge on any atom is -0.404 e. The smallest absolute Gasteiger partial charge is 0.404 e. The molecule has 0 spiro atoms. The standard InChI is InChI=1S/C13H8BrF3N2O2/c14-11-7-3-5-9(18-11)12(20)19-8-4-1-2-6-10(8)21-13(15,16)17/h1-7H,(H,19,20). The molecule has 0 aliphatic rings. The zero-order valence-electron chi connectivity index (χ0n) is 10.3. The van der Waals surface area contributed by atoms with Crippen molar-refractivity contribution in [3.63, 3.8) is 0 Å². The van der Waals surface area contributed by atoms with Gasteiger partial charge in [0.25, 0.3) is 5.91 Å². The van der Waals surface area contributed by atoms with Crippen LogP contribution in [0, 0.1) is 0 Å². The molecule has 0 fully saturated rings. The molecule has 0 aliphatic heterocycles. The maximum Gasteiger partial charge on any atom is 0.573 e. The first kappa shape index (κ1) is 15.3. The van der Waals surface area contributed by atoms with Crippen molar-refractivity contribution < 1.29 is 22.7 Å². The van der Waals surface area contributed by atoms with Gasteiger partial charge in [-0.25, -0.2) is 4.98 Å². The van der Waals surface area contributed by atoms with Crippen LogP contribution in [0.2, 0.25) is 0 Å². The molecule has 4 nitrogen and oxygen atoms in total. The number of amides is 1. The molecule has 1 amide bonds. The van der Waals surface area contributed by atoms with E-state index in [1.807, 2.05) is 0 Å². The lowest BCUT2D eigenvalue weighted by Crippen LogP contribution is -2.20.